The normalized spacial score (nSPS) is 15.8. The molecule has 0 aliphatic carbocycles. The van der Waals surface area contributed by atoms with Gasteiger partial charge in [-0.3, -0.25) is 14.4 Å². The summed E-state index contributed by atoms with van der Waals surface area (Å²) < 4.78 is 0. The molecule has 1 fully saturated rings. The van der Waals surface area contributed by atoms with E-state index in [9.17, 15) is 14.4 Å². The van der Waals surface area contributed by atoms with Crippen molar-refractivity contribution in [1.82, 2.24) is 15.1 Å². The molecule has 130 valence electrons. The van der Waals surface area contributed by atoms with Gasteiger partial charge >= 0.3 is 0 Å². The van der Waals surface area contributed by atoms with Crippen LogP contribution in [-0.2, 0) is 4.79 Å². The molecular weight excluding hydrogens is 306 g/mol. The van der Waals surface area contributed by atoms with Gasteiger partial charge in [-0.2, -0.15) is 0 Å². The van der Waals surface area contributed by atoms with Gasteiger partial charge in [0.25, 0.3) is 11.8 Å². The maximum absolute atomic E-state index is 12.6. The van der Waals surface area contributed by atoms with Crippen LogP contribution in [0.1, 0.15) is 47.9 Å². The van der Waals surface area contributed by atoms with Gasteiger partial charge in [0.05, 0.1) is 0 Å². The molecule has 6 heteroatoms. The number of amides is 3. The molecule has 0 aromatic heterocycles. The fraction of sp³-hybridized carbons (Fsp3) is 0.500. The first-order chi connectivity index (χ1) is 11.4. The first kappa shape index (κ1) is 18.0. The third-order valence-electron chi connectivity index (χ3n) is 4.37. The van der Waals surface area contributed by atoms with Crippen molar-refractivity contribution in [2.45, 2.75) is 33.2 Å². The van der Waals surface area contributed by atoms with Crippen LogP contribution in [0.15, 0.2) is 24.3 Å². The van der Waals surface area contributed by atoms with Gasteiger partial charge < -0.3 is 15.1 Å². The summed E-state index contributed by atoms with van der Waals surface area (Å²) in [6, 6.07) is 6.89. The van der Waals surface area contributed by atoms with Gasteiger partial charge in [-0.25, -0.2) is 0 Å². The predicted octanol–water partition coefficient (Wildman–Crippen LogP) is 1.52. The summed E-state index contributed by atoms with van der Waals surface area (Å²) in [6.07, 6.45) is 0.852. The van der Waals surface area contributed by atoms with Crippen LogP contribution in [0.5, 0.6) is 0 Å². The Balaban J connectivity index is 2.04. The number of carbonyl (C=O) groups excluding carboxylic acids is 3. The Labute approximate surface area is 142 Å². The molecule has 0 bridgehead atoms. The molecule has 0 saturated carbocycles. The molecule has 1 heterocycles. The smallest absolute Gasteiger partial charge is 0.253 e. The van der Waals surface area contributed by atoms with E-state index in [0.29, 0.717) is 37.3 Å². The lowest BCUT2D eigenvalue weighted by atomic mass is 10.1. The van der Waals surface area contributed by atoms with Gasteiger partial charge in [0, 0.05) is 50.3 Å². The summed E-state index contributed by atoms with van der Waals surface area (Å²) in [6.45, 7) is 7.62. The predicted molar refractivity (Wildman–Crippen MR) is 91.8 cm³/mol. The number of nitrogens with zero attached hydrogens (tertiary/aromatic N) is 2. The van der Waals surface area contributed by atoms with Crippen molar-refractivity contribution in [2.75, 3.05) is 26.2 Å². The summed E-state index contributed by atoms with van der Waals surface area (Å²) in [4.78, 5) is 39.6. The molecule has 0 spiro atoms. The zero-order chi connectivity index (χ0) is 17.7. The molecule has 1 aliphatic heterocycles. The van der Waals surface area contributed by atoms with Gasteiger partial charge in [0.1, 0.15) is 0 Å². The van der Waals surface area contributed by atoms with E-state index < -0.39 is 0 Å². The maximum Gasteiger partial charge on any atom is 0.253 e. The zero-order valence-electron chi connectivity index (χ0n) is 14.5. The molecule has 2 rings (SSSR count). The summed E-state index contributed by atoms with van der Waals surface area (Å²) in [5.74, 6) is -0.234. The lowest BCUT2D eigenvalue weighted by molar-refractivity contribution is -0.130. The molecule has 1 unspecified atom stereocenters. The SMILES string of the molecule is CCC(C)NC(=O)c1cccc(C(=O)N2CCN(C(C)=O)CC2)c1. The zero-order valence-corrected chi connectivity index (χ0v) is 14.5. The minimum atomic E-state index is -0.166. The van der Waals surface area contributed by atoms with Crippen LogP contribution >= 0.6 is 0 Å². The molecule has 1 aromatic carbocycles. The summed E-state index contributed by atoms with van der Waals surface area (Å²) in [5.41, 5.74) is 0.992. The third kappa shape index (κ3) is 4.34. The Hall–Kier alpha value is -2.37. The van der Waals surface area contributed by atoms with E-state index in [1.807, 2.05) is 13.8 Å². The van der Waals surface area contributed by atoms with E-state index in [1.54, 1.807) is 34.1 Å². The van der Waals surface area contributed by atoms with Crippen molar-refractivity contribution in [2.24, 2.45) is 0 Å². The molecule has 1 aliphatic rings. The summed E-state index contributed by atoms with van der Waals surface area (Å²) in [7, 11) is 0. The van der Waals surface area contributed by atoms with Crippen molar-refractivity contribution >= 4 is 17.7 Å². The number of benzene rings is 1. The van der Waals surface area contributed by atoms with Crippen LogP contribution in [0.2, 0.25) is 0 Å². The average Bonchev–Trinajstić information content (AvgIpc) is 2.61. The maximum atomic E-state index is 12.6. The van der Waals surface area contributed by atoms with E-state index in [1.165, 1.54) is 6.92 Å². The molecule has 1 N–H and O–H groups in total. The van der Waals surface area contributed by atoms with Gasteiger partial charge in [0.15, 0.2) is 0 Å². The van der Waals surface area contributed by atoms with Gasteiger partial charge in [-0.1, -0.05) is 13.0 Å². The number of carbonyl (C=O) groups is 3. The van der Waals surface area contributed by atoms with Gasteiger partial charge in [-0.15, -0.1) is 0 Å². The quantitative estimate of drug-likeness (QED) is 0.909. The molecular formula is C18H25N3O3. The number of nitrogens with one attached hydrogen (secondary N) is 1. The highest BCUT2D eigenvalue weighted by atomic mass is 16.2. The molecule has 0 radical (unpaired) electrons. The van der Waals surface area contributed by atoms with Crippen molar-refractivity contribution in [3.63, 3.8) is 0 Å². The van der Waals surface area contributed by atoms with E-state index >= 15 is 0 Å². The average molecular weight is 331 g/mol. The van der Waals surface area contributed by atoms with Gasteiger partial charge in [-0.05, 0) is 31.5 Å². The number of hydrogen-bond donors (Lipinski definition) is 1. The fourth-order valence-electron chi connectivity index (χ4n) is 2.61. The number of hydrogen-bond acceptors (Lipinski definition) is 3. The highest BCUT2D eigenvalue weighted by Gasteiger charge is 2.23. The van der Waals surface area contributed by atoms with Gasteiger partial charge in [0.2, 0.25) is 5.91 Å². The second-order valence-electron chi connectivity index (χ2n) is 6.16. The first-order valence-corrected chi connectivity index (χ1v) is 8.38. The Morgan fingerprint density at radius 1 is 1.08 bits per heavy atom. The number of piperazine rings is 1. The minimum absolute atomic E-state index is 0.0332. The van der Waals surface area contributed by atoms with Crippen LogP contribution in [-0.4, -0.2) is 59.7 Å². The largest absolute Gasteiger partial charge is 0.350 e. The molecule has 24 heavy (non-hydrogen) atoms. The fourth-order valence-corrected chi connectivity index (χ4v) is 2.61. The second-order valence-corrected chi connectivity index (χ2v) is 6.16. The Kier molecular flexibility index (Phi) is 5.95. The van der Waals surface area contributed by atoms with Crippen LogP contribution in [0.4, 0.5) is 0 Å². The highest BCUT2D eigenvalue weighted by molar-refractivity contribution is 5.99. The van der Waals surface area contributed by atoms with E-state index in [0.717, 1.165) is 6.42 Å². The molecule has 1 saturated heterocycles. The van der Waals surface area contributed by atoms with Crippen molar-refractivity contribution < 1.29 is 14.4 Å². The molecule has 1 aromatic rings. The van der Waals surface area contributed by atoms with Crippen LogP contribution in [0.3, 0.4) is 0 Å². The van der Waals surface area contributed by atoms with E-state index in [2.05, 4.69) is 5.32 Å². The van der Waals surface area contributed by atoms with Crippen LogP contribution in [0.25, 0.3) is 0 Å². The third-order valence-corrected chi connectivity index (χ3v) is 4.37. The van der Waals surface area contributed by atoms with Crippen molar-refractivity contribution in [3.05, 3.63) is 35.4 Å². The summed E-state index contributed by atoms with van der Waals surface area (Å²) in [5, 5.41) is 2.90. The molecule has 1 atom stereocenters. The van der Waals surface area contributed by atoms with E-state index in [-0.39, 0.29) is 23.8 Å². The molecule has 6 nitrogen and oxygen atoms in total. The van der Waals surface area contributed by atoms with Crippen molar-refractivity contribution in [1.29, 1.82) is 0 Å². The summed E-state index contributed by atoms with van der Waals surface area (Å²) >= 11 is 0. The lowest BCUT2D eigenvalue weighted by Gasteiger charge is -2.34. The topological polar surface area (TPSA) is 69.7 Å². The number of rotatable bonds is 4. The van der Waals surface area contributed by atoms with Crippen molar-refractivity contribution in [3.8, 4) is 0 Å². The Morgan fingerprint density at radius 3 is 2.25 bits per heavy atom. The minimum Gasteiger partial charge on any atom is -0.350 e. The van der Waals surface area contributed by atoms with E-state index in [4.69, 9.17) is 0 Å². The molecule has 3 amide bonds. The Morgan fingerprint density at radius 2 is 1.67 bits per heavy atom. The Bertz CT molecular complexity index is 622. The van der Waals surface area contributed by atoms with Crippen LogP contribution < -0.4 is 5.32 Å². The lowest BCUT2D eigenvalue weighted by Crippen LogP contribution is -2.50. The highest BCUT2D eigenvalue weighted by Crippen LogP contribution is 2.12. The first-order valence-electron chi connectivity index (χ1n) is 8.38. The monoisotopic (exact) mass is 331 g/mol. The second kappa shape index (κ2) is 7.95. The standard InChI is InChI=1S/C18H25N3O3/c1-4-13(2)19-17(23)15-6-5-7-16(12-15)18(24)21-10-8-20(9-11-21)14(3)22/h5-7,12-13H,4,8-11H2,1-3H3,(H,19,23). The van der Waals surface area contributed by atoms with Crippen LogP contribution in [0, 0.1) is 0 Å².